The molecule has 0 aliphatic heterocycles. The number of nitrogens with zero attached hydrogens (tertiary/aromatic N) is 1. The summed E-state index contributed by atoms with van der Waals surface area (Å²) in [6.45, 7) is 1.79. The second kappa shape index (κ2) is 11.2. The molecule has 0 unspecified atom stereocenters. The van der Waals surface area contributed by atoms with E-state index in [9.17, 15) is 13.2 Å². The van der Waals surface area contributed by atoms with Gasteiger partial charge in [0.15, 0.2) is 0 Å². The summed E-state index contributed by atoms with van der Waals surface area (Å²) in [6, 6.07) is 20.8. The number of methoxy groups -OCH3 is 1. The van der Waals surface area contributed by atoms with Gasteiger partial charge in [0.1, 0.15) is 12.3 Å². The number of nitrogens with one attached hydrogen (secondary N) is 1. The number of amides is 1. The predicted octanol–water partition coefficient (Wildman–Crippen LogP) is 4.60. The van der Waals surface area contributed by atoms with Gasteiger partial charge in [0.2, 0.25) is 5.91 Å². The summed E-state index contributed by atoms with van der Waals surface area (Å²) < 4.78 is 33.3. The Morgan fingerprint density at radius 2 is 1.70 bits per heavy atom. The number of carbonyl (C=O) groups excluding carboxylic acids is 1. The first-order valence-corrected chi connectivity index (χ1v) is 12.4. The van der Waals surface area contributed by atoms with Crippen molar-refractivity contribution in [1.82, 2.24) is 5.32 Å². The average Bonchev–Trinajstić information content (AvgIpc) is 2.83. The zero-order valence-corrected chi connectivity index (χ0v) is 20.2. The van der Waals surface area contributed by atoms with E-state index < -0.39 is 15.9 Å². The number of aryl methyl sites for hydroxylation is 1. The third kappa shape index (κ3) is 6.06. The highest BCUT2D eigenvalue weighted by molar-refractivity contribution is 7.92. The molecule has 0 radical (unpaired) electrons. The summed E-state index contributed by atoms with van der Waals surface area (Å²) in [7, 11) is -2.35. The largest absolute Gasteiger partial charge is 0.496 e. The third-order valence-electron chi connectivity index (χ3n) is 5.26. The summed E-state index contributed by atoms with van der Waals surface area (Å²) in [5.74, 6) is 0.411. The number of hydrogen-bond acceptors (Lipinski definition) is 4. The molecular weight excluding hydrogens is 460 g/mol. The molecule has 0 aromatic heterocycles. The SMILES string of the molecule is COc1ccccc1CCCNC(=O)CN(c1cccc(Cl)c1C)S(=O)(=O)c1ccccc1. The zero-order valence-electron chi connectivity index (χ0n) is 18.6. The fourth-order valence-corrected chi connectivity index (χ4v) is 5.16. The van der Waals surface area contributed by atoms with Crippen LogP contribution in [0.2, 0.25) is 5.02 Å². The second-order valence-corrected chi connectivity index (χ2v) is 9.74. The van der Waals surface area contributed by atoms with Crippen molar-refractivity contribution < 1.29 is 17.9 Å². The minimum Gasteiger partial charge on any atom is -0.496 e. The molecule has 6 nitrogen and oxygen atoms in total. The van der Waals surface area contributed by atoms with Crippen LogP contribution in [0.5, 0.6) is 5.75 Å². The summed E-state index contributed by atoms with van der Waals surface area (Å²) in [4.78, 5) is 12.9. The molecule has 0 saturated heterocycles. The lowest BCUT2D eigenvalue weighted by atomic mass is 10.1. The van der Waals surface area contributed by atoms with E-state index in [2.05, 4.69) is 5.32 Å². The van der Waals surface area contributed by atoms with Gasteiger partial charge in [0.05, 0.1) is 17.7 Å². The van der Waals surface area contributed by atoms with Crippen LogP contribution in [0.4, 0.5) is 5.69 Å². The maximum Gasteiger partial charge on any atom is 0.264 e. The molecule has 0 bridgehead atoms. The van der Waals surface area contributed by atoms with Crippen LogP contribution in [-0.4, -0.2) is 34.5 Å². The summed E-state index contributed by atoms with van der Waals surface area (Å²) in [5.41, 5.74) is 2.01. The van der Waals surface area contributed by atoms with Crippen molar-refractivity contribution in [2.45, 2.75) is 24.7 Å². The number of carbonyl (C=O) groups is 1. The van der Waals surface area contributed by atoms with Crippen molar-refractivity contribution in [3.63, 3.8) is 0 Å². The van der Waals surface area contributed by atoms with Crippen molar-refractivity contribution >= 4 is 33.2 Å². The van der Waals surface area contributed by atoms with Crippen molar-refractivity contribution in [3.05, 3.63) is 88.9 Å². The highest BCUT2D eigenvalue weighted by atomic mass is 35.5. The summed E-state index contributed by atoms with van der Waals surface area (Å²) in [5, 5.41) is 3.26. The van der Waals surface area contributed by atoms with Gasteiger partial charge in [0.25, 0.3) is 10.0 Å². The Balaban J connectivity index is 1.73. The van der Waals surface area contributed by atoms with E-state index in [0.29, 0.717) is 29.2 Å². The number of sulfonamides is 1. The molecule has 0 atom stereocenters. The molecule has 3 aromatic rings. The fraction of sp³-hybridized carbons (Fsp3) is 0.240. The lowest BCUT2D eigenvalue weighted by molar-refractivity contribution is -0.119. The average molecular weight is 487 g/mol. The summed E-state index contributed by atoms with van der Waals surface area (Å²) in [6.07, 6.45) is 1.41. The Morgan fingerprint density at radius 1 is 1.00 bits per heavy atom. The van der Waals surface area contributed by atoms with E-state index in [1.807, 2.05) is 24.3 Å². The lowest BCUT2D eigenvalue weighted by Crippen LogP contribution is -2.41. The molecule has 3 aromatic carbocycles. The van der Waals surface area contributed by atoms with Gasteiger partial charge in [-0.25, -0.2) is 8.42 Å². The van der Waals surface area contributed by atoms with Gasteiger partial charge < -0.3 is 10.1 Å². The Kier molecular flexibility index (Phi) is 8.36. The number of ether oxygens (including phenoxy) is 1. The Hall–Kier alpha value is -3.03. The number of hydrogen-bond donors (Lipinski definition) is 1. The highest BCUT2D eigenvalue weighted by Crippen LogP contribution is 2.30. The van der Waals surface area contributed by atoms with Crippen molar-refractivity contribution in [2.75, 3.05) is 24.5 Å². The molecular formula is C25H27ClN2O4S. The molecule has 1 N–H and O–H groups in total. The third-order valence-corrected chi connectivity index (χ3v) is 7.45. The van der Waals surface area contributed by atoms with Gasteiger partial charge in [0, 0.05) is 11.6 Å². The summed E-state index contributed by atoms with van der Waals surface area (Å²) >= 11 is 6.24. The predicted molar refractivity (Wildman–Crippen MR) is 131 cm³/mol. The first-order chi connectivity index (χ1) is 15.8. The van der Waals surface area contributed by atoms with Crippen LogP contribution < -0.4 is 14.4 Å². The minimum absolute atomic E-state index is 0.105. The van der Waals surface area contributed by atoms with Crippen LogP contribution in [0.3, 0.4) is 0 Å². The number of anilines is 1. The van der Waals surface area contributed by atoms with Gasteiger partial charge in [-0.15, -0.1) is 0 Å². The van der Waals surface area contributed by atoms with Crippen molar-refractivity contribution in [1.29, 1.82) is 0 Å². The van der Waals surface area contributed by atoms with Gasteiger partial charge in [-0.1, -0.05) is 54.1 Å². The number of benzene rings is 3. The molecule has 174 valence electrons. The van der Waals surface area contributed by atoms with Crippen molar-refractivity contribution in [3.8, 4) is 5.75 Å². The Labute approximate surface area is 200 Å². The highest BCUT2D eigenvalue weighted by Gasteiger charge is 2.28. The number of para-hydroxylation sites is 1. The van der Waals surface area contributed by atoms with E-state index in [0.717, 1.165) is 22.0 Å². The monoisotopic (exact) mass is 486 g/mol. The first kappa shape index (κ1) is 24.6. The van der Waals surface area contributed by atoms with Crippen LogP contribution in [-0.2, 0) is 21.2 Å². The Bertz CT molecular complexity index is 1200. The van der Waals surface area contributed by atoms with Crippen LogP contribution in [0.25, 0.3) is 0 Å². The molecule has 3 rings (SSSR count). The van der Waals surface area contributed by atoms with Crippen LogP contribution in [0.15, 0.2) is 77.7 Å². The maximum atomic E-state index is 13.4. The van der Waals surface area contributed by atoms with Gasteiger partial charge in [-0.3, -0.25) is 9.10 Å². The number of rotatable bonds is 10. The standard InChI is InChI=1S/C25H27ClN2O4S/c1-19-22(26)14-8-15-23(19)28(33(30,31)21-12-4-3-5-13-21)18-25(29)27-17-9-11-20-10-6-7-16-24(20)32-2/h3-8,10,12-16H,9,11,17-18H2,1-2H3,(H,27,29). The van der Waals surface area contributed by atoms with E-state index in [1.165, 1.54) is 12.1 Å². The van der Waals surface area contributed by atoms with Crippen LogP contribution in [0, 0.1) is 6.92 Å². The molecule has 0 fully saturated rings. The topological polar surface area (TPSA) is 75.7 Å². The molecule has 0 saturated carbocycles. The smallest absolute Gasteiger partial charge is 0.264 e. The molecule has 0 heterocycles. The molecule has 0 aliphatic carbocycles. The molecule has 1 amide bonds. The molecule has 0 aliphatic rings. The second-order valence-electron chi connectivity index (χ2n) is 7.47. The van der Waals surface area contributed by atoms with Gasteiger partial charge in [-0.05, 0) is 61.2 Å². The minimum atomic E-state index is -3.97. The van der Waals surface area contributed by atoms with Gasteiger partial charge in [-0.2, -0.15) is 0 Å². The molecule has 0 spiro atoms. The quantitative estimate of drug-likeness (QED) is 0.425. The van der Waals surface area contributed by atoms with E-state index in [4.69, 9.17) is 16.3 Å². The van der Waals surface area contributed by atoms with Crippen molar-refractivity contribution in [2.24, 2.45) is 0 Å². The normalized spacial score (nSPS) is 11.1. The lowest BCUT2D eigenvalue weighted by Gasteiger charge is -2.26. The van der Waals surface area contributed by atoms with Crippen LogP contribution in [0.1, 0.15) is 17.5 Å². The fourth-order valence-electron chi connectivity index (χ4n) is 3.49. The zero-order chi connectivity index (χ0) is 23.8. The van der Waals surface area contributed by atoms with E-state index in [-0.39, 0.29) is 11.4 Å². The molecule has 33 heavy (non-hydrogen) atoms. The first-order valence-electron chi connectivity index (χ1n) is 10.6. The van der Waals surface area contributed by atoms with E-state index in [1.54, 1.807) is 50.4 Å². The Morgan fingerprint density at radius 3 is 2.42 bits per heavy atom. The van der Waals surface area contributed by atoms with Crippen LogP contribution >= 0.6 is 11.6 Å². The van der Waals surface area contributed by atoms with Gasteiger partial charge >= 0.3 is 0 Å². The van der Waals surface area contributed by atoms with E-state index >= 15 is 0 Å². The maximum absolute atomic E-state index is 13.4. The number of halogens is 1. The molecule has 8 heteroatoms.